The van der Waals surface area contributed by atoms with Crippen molar-refractivity contribution in [1.82, 2.24) is 4.37 Å². The van der Waals surface area contributed by atoms with Gasteiger partial charge >= 0.3 is 0 Å². The highest BCUT2D eigenvalue weighted by Gasteiger charge is 2.19. The first-order valence-electron chi connectivity index (χ1n) is 7.08. The van der Waals surface area contributed by atoms with Gasteiger partial charge in [0.15, 0.2) is 0 Å². The summed E-state index contributed by atoms with van der Waals surface area (Å²) in [7, 11) is 0. The predicted octanol–water partition coefficient (Wildman–Crippen LogP) is 4.27. The summed E-state index contributed by atoms with van der Waals surface area (Å²) in [6.45, 7) is 0. The average molecular weight is 280 g/mol. The molecule has 1 aromatic heterocycles. The van der Waals surface area contributed by atoms with E-state index in [1.54, 1.807) is 11.5 Å². The molecule has 0 saturated heterocycles. The van der Waals surface area contributed by atoms with Crippen molar-refractivity contribution in [2.75, 3.05) is 5.32 Å². The van der Waals surface area contributed by atoms with Gasteiger partial charge in [-0.05, 0) is 54.1 Å². The van der Waals surface area contributed by atoms with E-state index in [9.17, 15) is 0 Å². The van der Waals surface area contributed by atoms with E-state index in [-0.39, 0.29) is 0 Å². The van der Waals surface area contributed by atoms with E-state index in [0.717, 1.165) is 11.9 Å². The van der Waals surface area contributed by atoms with E-state index < -0.39 is 0 Å². The van der Waals surface area contributed by atoms with Gasteiger partial charge in [-0.15, -0.1) is 0 Å². The molecular weight excluding hydrogens is 264 g/mol. The fourth-order valence-electron chi connectivity index (χ4n) is 3.00. The number of fused-ring (bicyclic) bond motifs is 2. The molecule has 3 heteroatoms. The Morgan fingerprint density at radius 1 is 1.00 bits per heavy atom. The maximum atomic E-state index is 4.51. The number of nitrogens with one attached hydrogen (secondary N) is 1. The molecule has 4 rings (SSSR count). The molecule has 0 spiro atoms. The second-order valence-electron chi connectivity index (χ2n) is 5.38. The minimum atomic E-state index is 0.522. The van der Waals surface area contributed by atoms with Crippen LogP contribution in [0.4, 0.5) is 5.00 Å². The van der Waals surface area contributed by atoms with Crippen LogP contribution in [-0.4, -0.2) is 10.4 Å². The Kier molecular flexibility index (Phi) is 2.92. The van der Waals surface area contributed by atoms with Crippen LogP contribution in [0.3, 0.4) is 0 Å². The molecule has 1 aliphatic rings. The molecule has 0 amide bonds. The first-order chi connectivity index (χ1) is 9.90. The third-order valence-electron chi connectivity index (χ3n) is 4.07. The summed E-state index contributed by atoms with van der Waals surface area (Å²) < 4.78 is 4.51. The molecule has 1 unspecified atom stereocenters. The summed E-state index contributed by atoms with van der Waals surface area (Å²) >= 11 is 1.58. The smallest absolute Gasteiger partial charge is 0.117 e. The third kappa shape index (κ3) is 2.08. The van der Waals surface area contributed by atoms with E-state index in [1.165, 1.54) is 34.4 Å². The van der Waals surface area contributed by atoms with Crippen LogP contribution in [0.15, 0.2) is 48.5 Å². The topological polar surface area (TPSA) is 24.9 Å². The molecule has 0 saturated carbocycles. The summed E-state index contributed by atoms with van der Waals surface area (Å²) in [5.74, 6) is 0. The molecule has 3 aromatic rings. The lowest BCUT2D eigenvalue weighted by Crippen LogP contribution is -2.26. The van der Waals surface area contributed by atoms with Gasteiger partial charge in [-0.1, -0.05) is 36.4 Å². The number of hydrogen-bond acceptors (Lipinski definition) is 3. The zero-order chi connectivity index (χ0) is 13.4. The van der Waals surface area contributed by atoms with Crippen LogP contribution in [0.1, 0.15) is 17.5 Å². The van der Waals surface area contributed by atoms with Gasteiger partial charge in [0.1, 0.15) is 5.00 Å². The fourth-order valence-corrected chi connectivity index (χ4v) is 3.84. The summed E-state index contributed by atoms with van der Waals surface area (Å²) in [5.41, 5.74) is 4.10. The minimum absolute atomic E-state index is 0.522. The van der Waals surface area contributed by atoms with Crippen molar-refractivity contribution >= 4 is 27.4 Å². The first-order valence-corrected chi connectivity index (χ1v) is 7.85. The number of benzene rings is 2. The van der Waals surface area contributed by atoms with Crippen molar-refractivity contribution in [1.29, 1.82) is 0 Å². The van der Waals surface area contributed by atoms with Crippen LogP contribution in [0.25, 0.3) is 10.9 Å². The van der Waals surface area contributed by atoms with Crippen LogP contribution >= 0.6 is 11.5 Å². The van der Waals surface area contributed by atoms with Crippen molar-refractivity contribution in [3.8, 4) is 0 Å². The molecule has 0 bridgehead atoms. The summed E-state index contributed by atoms with van der Waals surface area (Å²) in [6, 6.07) is 17.7. The van der Waals surface area contributed by atoms with Gasteiger partial charge in [0.2, 0.25) is 0 Å². The number of anilines is 1. The molecule has 0 radical (unpaired) electrons. The van der Waals surface area contributed by atoms with Gasteiger partial charge in [0.05, 0.1) is 5.52 Å². The van der Waals surface area contributed by atoms with E-state index >= 15 is 0 Å². The average Bonchev–Trinajstić information content (AvgIpc) is 2.91. The molecular formula is C17H16N2S. The van der Waals surface area contributed by atoms with E-state index in [2.05, 4.69) is 52.2 Å². The summed E-state index contributed by atoms with van der Waals surface area (Å²) in [4.78, 5) is 0. The van der Waals surface area contributed by atoms with Gasteiger partial charge in [-0.2, -0.15) is 4.37 Å². The Morgan fingerprint density at radius 2 is 1.80 bits per heavy atom. The number of nitrogens with zero attached hydrogens (tertiary/aromatic N) is 1. The van der Waals surface area contributed by atoms with Crippen molar-refractivity contribution < 1.29 is 0 Å². The Hall–Kier alpha value is -1.87. The molecule has 1 N–H and O–H groups in total. The third-order valence-corrected chi connectivity index (χ3v) is 4.87. The quantitative estimate of drug-likeness (QED) is 0.758. The normalized spacial score (nSPS) is 17.9. The number of rotatable bonds is 2. The molecule has 0 aliphatic heterocycles. The van der Waals surface area contributed by atoms with E-state index in [1.807, 2.05) is 6.07 Å². The highest BCUT2D eigenvalue weighted by molar-refractivity contribution is 7.11. The Balaban J connectivity index is 1.59. The van der Waals surface area contributed by atoms with Crippen molar-refractivity contribution in [2.45, 2.75) is 25.3 Å². The summed E-state index contributed by atoms with van der Waals surface area (Å²) in [5, 5.41) is 6.16. The van der Waals surface area contributed by atoms with Crippen LogP contribution in [0.2, 0.25) is 0 Å². The highest BCUT2D eigenvalue weighted by atomic mass is 32.1. The zero-order valence-corrected chi connectivity index (χ0v) is 12.0. The molecule has 2 nitrogen and oxygen atoms in total. The van der Waals surface area contributed by atoms with E-state index in [4.69, 9.17) is 0 Å². The standard InChI is InChI=1S/C17H16N2S/c1-2-6-13-11-14(10-9-12(13)5-1)18-17-15-7-3-4-8-16(15)19-20-17/h1-8,14,18H,9-11H2. The van der Waals surface area contributed by atoms with Crippen LogP contribution < -0.4 is 5.32 Å². The Bertz CT molecular complexity index is 747. The fraction of sp³-hybridized carbons (Fsp3) is 0.235. The summed E-state index contributed by atoms with van der Waals surface area (Å²) in [6.07, 6.45) is 3.48. The molecule has 2 aromatic carbocycles. The minimum Gasteiger partial charge on any atom is -0.372 e. The van der Waals surface area contributed by atoms with Gasteiger partial charge in [0.25, 0.3) is 0 Å². The second kappa shape index (κ2) is 4.91. The SMILES string of the molecule is c1ccc2c(c1)CCC(Nc1snc3ccccc13)C2. The number of aromatic nitrogens is 1. The first kappa shape index (κ1) is 11.9. The molecule has 1 atom stereocenters. The number of hydrogen-bond donors (Lipinski definition) is 1. The number of aryl methyl sites for hydroxylation is 1. The van der Waals surface area contributed by atoms with Crippen molar-refractivity contribution in [3.05, 3.63) is 59.7 Å². The van der Waals surface area contributed by atoms with Crippen molar-refractivity contribution in [2.24, 2.45) is 0 Å². The lowest BCUT2D eigenvalue weighted by atomic mass is 9.88. The van der Waals surface area contributed by atoms with Gasteiger partial charge in [0, 0.05) is 11.4 Å². The second-order valence-corrected chi connectivity index (χ2v) is 6.16. The Labute approximate surface area is 122 Å². The van der Waals surface area contributed by atoms with Crippen LogP contribution in [0.5, 0.6) is 0 Å². The van der Waals surface area contributed by atoms with Gasteiger partial charge < -0.3 is 5.32 Å². The van der Waals surface area contributed by atoms with E-state index in [0.29, 0.717) is 6.04 Å². The lowest BCUT2D eigenvalue weighted by molar-refractivity contribution is 0.612. The predicted molar refractivity (Wildman–Crippen MR) is 85.5 cm³/mol. The van der Waals surface area contributed by atoms with Crippen LogP contribution in [-0.2, 0) is 12.8 Å². The zero-order valence-electron chi connectivity index (χ0n) is 11.2. The molecule has 1 heterocycles. The van der Waals surface area contributed by atoms with Gasteiger partial charge in [-0.25, -0.2) is 0 Å². The van der Waals surface area contributed by atoms with Crippen molar-refractivity contribution in [3.63, 3.8) is 0 Å². The molecule has 0 fully saturated rings. The molecule has 20 heavy (non-hydrogen) atoms. The highest BCUT2D eigenvalue weighted by Crippen LogP contribution is 2.30. The maximum Gasteiger partial charge on any atom is 0.117 e. The largest absolute Gasteiger partial charge is 0.372 e. The maximum absolute atomic E-state index is 4.51. The lowest BCUT2D eigenvalue weighted by Gasteiger charge is -2.25. The van der Waals surface area contributed by atoms with Crippen LogP contribution in [0, 0.1) is 0 Å². The molecule has 100 valence electrons. The Morgan fingerprint density at radius 3 is 2.75 bits per heavy atom. The molecule has 1 aliphatic carbocycles. The monoisotopic (exact) mass is 280 g/mol. The van der Waals surface area contributed by atoms with Gasteiger partial charge in [-0.3, -0.25) is 0 Å².